The van der Waals surface area contributed by atoms with Gasteiger partial charge >= 0.3 is 0 Å². The normalized spacial score (nSPS) is 12.5. The predicted octanol–water partition coefficient (Wildman–Crippen LogP) is 0.627. The Hall–Kier alpha value is -1.03. The fourth-order valence-corrected chi connectivity index (χ4v) is 0.944. The zero-order chi connectivity index (χ0) is 9.68. The highest BCUT2D eigenvalue weighted by Crippen LogP contribution is 1.91. The molecule has 1 N–H and O–H groups in total. The van der Waals surface area contributed by atoms with Gasteiger partial charge in [-0.05, 0) is 13.0 Å². The van der Waals surface area contributed by atoms with Gasteiger partial charge in [0.05, 0.1) is 6.54 Å². The lowest BCUT2D eigenvalue weighted by Crippen LogP contribution is -2.32. The van der Waals surface area contributed by atoms with Crippen molar-refractivity contribution in [3.63, 3.8) is 0 Å². The first-order chi connectivity index (χ1) is 6.20. The first-order valence-corrected chi connectivity index (χ1v) is 4.53. The van der Waals surface area contributed by atoms with E-state index in [-0.39, 0.29) is 5.91 Å². The third kappa shape index (κ3) is 3.46. The van der Waals surface area contributed by atoms with E-state index in [1.54, 1.807) is 17.8 Å². The molecular formula is C8H12ClN3O. The van der Waals surface area contributed by atoms with Crippen molar-refractivity contribution < 1.29 is 4.79 Å². The van der Waals surface area contributed by atoms with Crippen molar-refractivity contribution in [3.05, 3.63) is 18.5 Å². The maximum Gasteiger partial charge on any atom is 0.237 e. The van der Waals surface area contributed by atoms with Gasteiger partial charge in [0.2, 0.25) is 5.91 Å². The molecule has 5 heteroatoms. The third-order valence-corrected chi connectivity index (χ3v) is 1.76. The van der Waals surface area contributed by atoms with E-state index < -0.39 is 5.38 Å². The molecule has 0 spiro atoms. The number of halogens is 1. The zero-order valence-electron chi connectivity index (χ0n) is 7.40. The van der Waals surface area contributed by atoms with Crippen molar-refractivity contribution in [2.75, 3.05) is 6.54 Å². The summed E-state index contributed by atoms with van der Waals surface area (Å²) in [6, 6.07) is 1.84. The predicted molar refractivity (Wildman–Crippen MR) is 50.6 cm³/mol. The summed E-state index contributed by atoms with van der Waals surface area (Å²) >= 11 is 5.55. The van der Waals surface area contributed by atoms with Crippen LogP contribution in [0.25, 0.3) is 0 Å². The van der Waals surface area contributed by atoms with Gasteiger partial charge in [-0.2, -0.15) is 5.10 Å². The maximum absolute atomic E-state index is 11.0. The van der Waals surface area contributed by atoms with Crippen LogP contribution in [0.4, 0.5) is 0 Å². The quantitative estimate of drug-likeness (QED) is 0.727. The number of carbonyl (C=O) groups excluding carboxylic acids is 1. The van der Waals surface area contributed by atoms with E-state index in [1.165, 1.54) is 0 Å². The number of nitrogens with one attached hydrogen (secondary N) is 1. The highest BCUT2D eigenvalue weighted by Gasteiger charge is 2.06. The number of rotatable bonds is 4. The van der Waals surface area contributed by atoms with Crippen LogP contribution in [0.5, 0.6) is 0 Å². The van der Waals surface area contributed by atoms with Gasteiger partial charge in [0.15, 0.2) is 0 Å². The summed E-state index contributed by atoms with van der Waals surface area (Å²) in [5, 5.41) is 6.20. The van der Waals surface area contributed by atoms with Crippen LogP contribution in [-0.4, -0.2) is 27.6 Å². The third-order valence-electron chi connectivity index (χ3n) is 1.56. The SMILES string of the molecule is CC(Cl)C(=O)NCCn1cccn1. The highest BCUT2D eigenvalue weighted by molar-refractivity contribution is 6.30. The number of hydrogen-bond acceptors (Lipinski definition) is 2. The second-order valence-corrected chi connectivity index (χ2v) is 3.33. The Bertz CT molecular complexity index is 258. The first kappa shape index (κ1) is 10.1. The Kier molecular flexibility index (Phi) is 3.76. The smallest absolute Gasteiger partial charge is 0.237 e. The molecule has 0 bridgehead atoms. The molecule has 1 rings (SSSR count). The molecule has 1 aromatic rings. The Morgan fingerprint density at radius 3 is 3.08 bits per heavy atom. The highest BCUT2D eigenvalue weighted by atomic mass is 35.5. The van der Waals surface area contributed by atoms with Crippen molar-refractivity contribution in [3.8, 4) is 0 Å². The van der Waals surface area contributed by atoms with Gasteiger partial charge in [-0.1, -0.05) is 0 Å². The maximum atomic E-state index is 11.0. The molecule has 1 unspecified atom stereocenters. The van der Waals surface area contributed by atoms with E-state index in [4.69, 9.17) is 11.6 Å². The summed E-state index contributed by atoms with van der Waals surface area (Å²) in [6.45, 7) is 2.87. The molecule has 0 aliphatic heterocycles. The molecular weight excluding hydrogens is 190 g/mol. The van der Waals surface area contributed by atoms with Gasteiger partial charge in [-0.15, -0.1) is 11.6 Å². The largest absolute Gasteiger partial charge is 0.353 e. The Labute approximate surface area is 81.9 Å². The average molecular weight is 202 g/mol. The number of amides is 1. The fraction of sp³-hybridized carbons (Fsp3) is 0.500. The van der Waals surface area contributed by atoms with Crippen LogP contribution in [0.2, 0.25) is 0 Å². The lowest BCUT2D eigenvalue weighted by molar-refractivity contribution is -0.120. The van der Waals surface area contributed by atoms with Crippen LogP contribution in [-0.2, 0) is 11.3 Å². The van der Waals surface area contributed by atoms with Crippen LogP contribution in [0, 0.1) is 0 Å². The molecule has 0 saturated carbocycles. The van der Waals surface area contributed by atoms with E-state index in [0.717, 1.165) is 0 Å². The van der Waals surface area contributed by atoms with Gasteiger partial charge in [0.1, 0.15) is 5.38 Å². The summed E-state index contributed by atoms with van der Waals surface area (Å²) < 4.78 is 1.75. The first-order valence-electron chi connectivity index (χ1n) is 4.09. The van der Waals surface area contributed by atoms with Gasteiger partial charge < -0.3 is 5.32 Å². The van der Waals surface area contributed by atoms with Gasteiger partial charge in [-0.25, -0.2) is 0 Å². The van der Waals surface area contributed by atoms with Crippen LogP contribution in [0.3, 0.4) is 0 Å². The molecule has 1 heterocycles. The average Bonchev–Trinajstić information content (AvgIpc) is 2.56. The van der Waals surface area contributed by atoms with E-state index in [1.807, 2.05) is 12.3 Å². The van der Waals surface area contributed by atoms with E-state index >= 15 is 0 Å². The van der Waals surface area contributed by atoms with E-state index in [0.29, 0.717) is 13.1 Å². The van der Waals surface area contributed by atoms with Crippen LogP contribution in [0.1, 0.15) is 6.92 Å². The van der Waals surface area contributed by atoms with E-state index in [2.05, 4.69) is 10.4 Å². The molecule has 1 atom stereocenters. The number of alkyl halides is 1. The molecule has 0 saturated heterocycles. The minimum absolute atomic E-state index is 0.145. The molecule has 1 aromatic heterocycles. The van der Waals surface area contributed by atoms with Gasteiger partial charge in [-0.3, -0.25) is 9.48 Å². The minimum atomic E-state index is -0.474. The van der Waals surface area contributed by atoms with Gasteiger partial charge in [0.25, 0.3) is 0 Å². The summed E-state index contributed by atoms with van der Waals surface area (Å²) in [5.74, 6) is -0.145. The number of aromatic nitrogens is 2. The van der Waals surface area contributed by atoms with Crippen LogP contribution >= 0.6 is 11.6 Å². The molecule has 72 valence electrons. The Morgan fingerprint density at radius 2 is 2.54 bits per heavy atom. The van der Waals surface area contributed by atoms with Crippen molar-refractivity contribution in [1.29, 1.82) is 0 Å². The molecule has 1 amide bonds. The molecule has 0 fully saturated rings. The number of nitrogens with zero attached hydrogens (tertiary/aromatic N) is 2. The monoisotopic (exact) mass is 201 g/mol. The lowest BCUT2D eigenvalue weighted by Gasteiger charge is -2.05. The molecule has 4 nitrogen and oxygen atoms in total. The van der Waals surface area contributed by atoms with Crippen molar-refractivity contribution in [2.24, 2.45) is 0 Å². The van der Waals surface area contributed by atoms with E-state index in [9.17, 15) is 4.79 Å². The van der Waals surface area contributed by atoms with Crippen molar-refractivity contribution >= 4 is 17.5 Å². The summed E-state index contributed by atoms with van der Waals surface area (Å²) in [5.41, 5.74) is 0. The second kappa shape index (κ2) is 4.87. The Morgan fingerprint density at radius 1 is 1.77 bits per heavy atom. The molecule has 0 aliphatic rings. The van der Waals surface area contributed by atoms with Gasteiger partial charge in [0, 0.05) is 18.9 Å². The topological polar surface area (TPSA) is 46.9 Å². The summed E-state index contributed by atoms with van der Waals surface area (Å²) in [4.78, 5) is 11.0. The number of carbonyl (C=O) groups is 1. The Balaban J connectivity index is 2.18. The summed E-state index contributed by atoms with van der Waals surface area (Å²) in [7, 11) is 0. The number of hydrogen-bond donors (Lipinski definition) is 1. The fourth-order valence-electron chi connectivity index (χ4n) is 0.867. The van der Waals surface area contributed by atoms with Crippen molar-refractivity contribution in [1.82, 2.24) is 15.1 Å². The van der Waals surface area contributed by atoms with Crippen LogP contribution in [0.15, 0.2) is 18.5 Å². The standard InChI is InChI=1S/C8H12ClN3O/c1-7(9)8(13)10-4-6-12-5-2-3-11-12/h2-3,5,7H,4,6H2,1H3,(H,10,13). The molecule has 0 aliphatic carbocycles. The minimum Gasteiger partial charge on any atom is -0.353 e. The molecule has 13 heavy (non-hydrogen) atoms. The van der Waals surface area contributed by atoms with Crippen LogP contribution < -0.4 is 5.32 Å². The lowest BCUT2D eigenvalue weighted by atomic mass is 10.4. The second-order valence-electron chi connectivity index (χ2n) is 2.68. The summed E-state index contributed by atoms with van der Waals surface area (Å²) in [6.07, 6.45) is 3.54. The van der Waals surface area contributed by atoms with Crippen molar-refractivity contribution in [2.45, 2.75) is 18.8 Å². The zero-order valence-corrected chi connectivity index (χ0v) is 8.16. The molecule has 0 radical (unpaired) electrons. The molecule has 0 aromatic carbocycles.